The van der Waals surface area contributed by atoms with Crippen LogP contribution in [-0.4, -0.2) is 36.2 Å². The van der Waals surface area contributed by atoms with Crippen LogP contribution >= 0.6 is 24.8 Å². The van der Waals surface area contributed by atoms with E-state index in [9.17, 15) is 4.79 Å². The summed E-state index contributed by atoms with van der Waals surface area (Å²) in [5, 5.41) is 15.6. The summed E-state index contributed by atoms with van der Waals surface area (Å²) in [6.07, 6.45) is 4.86. The standard InChI is InChI=1S/C11H22N2O2.2ClH/c1-2-3-4-10(11(14)15)13-9-5-7-12-8-6-9;;/h9-10,12-13H,2-8H2,1H3,(H,14,15);2*1H/t10-;;/m1../s1. The minimum atomic E-state index is -0.706. The van der Waals surface area contributed by atoms with Crippen LogP contribution < -0.4 is 10.6 Å². The zero-order valence-corrected chi connectivity index (χ0v) is 11.9. The normalized spacial score (nSPS) is 17.7. The van der Waals surface area contributed by atoms with Gasteiger partial charge in [0.25, 0.3) is 0 Å². The molecule has 0 aliphatic carbocycles. The third-order valence-electron chi connectivity index (χ3n) is 2.92. The van der Waals surface area contributed by atoms with E-state index >= 15 is 0 Å². The quantitative estimate of drug-likeness (QED) is 0.697. The molecule has 6 heteroatoms. The summed E-state index contributed by atoms with van der Waals surface area (Å²) in [5.74, 6) is -0.706. The molecule has 0 aromatic heterocycles. The maximum Gasteiger partial charge on any atom is 0.320 e. The average Bonchev–Trinajstić information content (AvgIpc) is 2.25. The summed E-state index contributed by atoms with van der Waals surface area (Å²) < 4.78 is 0. The number of piperidine rings is 1. The lowest BCUT2D eigenvalue weighted by Gasteiger charge is -2.27. The molecule has 0 saturated carbocycles. The molecule has 1 fully saturated rings. The van der Waals surface area contributed by atoms with Crippen LogP contribution in [0.15, 0.2) is 0 Å². The number of carbonyl (C=O) groups is 1. The van der Waals surface area contributed by atoms with E-state index in [2.05, 4.69) is 17.6 Å². The highest BCUT2D eigenvalue weighted by atomic mass is 35.5. The lowest BCUT2D eigenvalue weighted by Crippen LogP contribution is -2.47. The van der Waals surface area contributed by atoms with Gasteiger partial charge in [0, 0.05) is 6.04 Å². The molecule has 17 heavy (non-hydrogen) atoms. The zero-order valence-electron chi connectivity index (χ0n) is 10.3. The number of nitrogens with one attached hydrogen (secondary N) is 2. The number of halogens is 2. The monoisotopic (exact) mass is 286 g/mol. The number of hydrogen-bond acceptors (Lipinski definition) is 3. The van der Waals surface area contributed by atoms with Crippen molar-refractivity contribution >= 4 is 30.8 Å². The lowest BCUT2D eigenvalue weighted by molar-refractivity contribution is -0.140. The Kier molecular flexibility index (Phi) is 12.6. The first-order chi connectivity index (χ1) is 7.24. The van der Waals surface area contributed by atoms with Crippen molar-refractivity contribution in [3.05, 3.63) is 0 Å². The van der Waals surface area contributed by atoms with Gasteiger partial charge in [-0.2, -0.15) is 0 Å². The van der Waals surface area contributed by atoms with Gasteiger partial charge in [0.15, 0.2) is 0 Å². The molecule has 1 atom stereocenters. The molecule has 0 spiro atoms. The average molecular weight is 287 g/mol. The van der Waals surface area contributed by atoms with Gasteiger partial charge in [-0.05, 0) is 32.4 Å². The van der Waals surface area contributed by atoms with E-state index in [0.717, 1.165) is 45.2 Å². The first-order valence-corrected chi connectivity index (χ1v) is 5.93. The topological polar surface area (TPSA) is 61.4 Å². The Hall–Kier alpha value is -0.0300. The van der Waals surface area contributed by atoms with E-state index in [-0.39, 0.29) is 30.9 Å². The number of rotatable bonds is 6. The van der Waals surface area contributed by atoms with Gasteiger partial charge in [-0.25, -0.2) is 0 Å². The fraction of sp³-hybridized carbons (Fsp3) is 0.909. The van der Waals surface area contributed by atoms with Gasteiger partial charge in [-0.1, -0.05) is 19.8 Å². The van der Waals surface area contributed by atoms with E-state index in [1.165, 1.54) is 0 Å². The molecule has 1 rings (SSSR count). The molecule has 0 radical (unpaired) electrons. The summed E-state index contributed by atoms with van der Waals surface area (Å²) in [6.45, 7) is 4.08. The van der Waals surface area contributed by atoms with Crippen molar-refractivity contribution in [3.63, 3.8) is 0 Å². The summed E-state index contributed by atoms with van der Waals surface area (Å²) in [7, 11) is 0. The highest BCUT2D eigenvalue weighted by molar-refractivity contribution is 5.85. The molecule has 1 aliphatic rings. The van der Waals surface area contributed by atoms with Crippen LogP contribution in [0.1, 0.15) is 39.0 Å². The number of unbranched alkanes of at least 4 members (excludes halogenated alkanes) is 1. The predicted molar refractivity (Wildman–Crippen MR) is 74.5 cm³/mol. The van der Waals surface area contributed by atoms with Gasteiger partial charge >= 0.3 is 5.97 Å². The van der Waals surface area contributed by atoms with Crippen molar-refractivity contribution in [2.75, 3.05) is 13.1 Å². The molecule has 1 heterocycles. The van der Waals surface area contributed by atoms with E-state index < -0.39 is 5.97 Å². The minimum absolute atomic E-state index is 0. The highest BCUT2D eigenvalue weighted by Gasteiger charge is 2.21. The fourth-order valence-electron chi connectivity index (χ4n) is 1.96. The highest BCUT2D eigenvalue weighted by Crippen LogP contribution is 2.07. The predicted octanol–water partition coefficient (Wildman–Crippen LogP) is 1.81. The maximum atomic E-state index is 11.0. The van der Waals surface area contributed by atoms with Crippen molar-refractivity contribution < 1.29 is 9.90 Å². The number of carboxylic acids is 1. The van der Waals surface area contributed by atoms with E-state index in [4.69, 9.17) is 5.11 Å². The Balaban J connectivity index is 0. The zero-order chi connectivity index (χ0) is 11.1. The third-order valence-corrected chi connectivity index (χ3v) is 2.92. The number of aliphatic carboxylic acids is 1. The minimum Gasteiger partial charge on any atom is -0.480 e. The Morgan fingerprint density at radius 2 is 2.00 bits per heavy atom. The molecule has 0 aromatic rings. The van der Waals surface area contributed by atoms with Crippen LogP contribution in [0.3, 0.4) is 0 Å². The van der Waals surface area contributed by atoms with Crippen molar-refractivity contribution in [1.82, 2.24) is 10.6 Å². The van der Waals surface area contributed by atoms with Crippen LogP contribution in [0.4, 0.5) is 0 Å². The summed E-state index contributed by atoms with van der Waals surface area (Å²) in [6, 6.07) is 0.0252. The fourth-order valence-corrected chi connectivity index (χ4v) is 1.96. The molecule has 1 aliphatic heterocycles. The molecule has 104 valence electrons. The van der Waals surface area contributed by atoms with Gasteiger partial charge in [0.1, 0.15) is 6.04 Å². The Labute approximate surface area is 116 Å². The van der Waals surface area contributed by atoms with Gasteiger partial charge in [0.05, 0.1) is 0 Å². The molecule has 0 bridgehead atoms. The van der Waals surface area contributed by atoms with Gasteiger partial charge in [-0.3, -0.25) is 4.79 Å². The second-order valence-electron chi connectivity index (χ2n) is 4.22. The van der Waals surface area contributed by atoms with Gasteiger partial charge in [-0.15, -0.1) is 24.8 Å². The van der Waals surface area contributed by atoms with Crippen LogP contribution in [0, 0.1) is 0 Å². The van der Waals surface area contributed by atoms with E-state index in [1.54, 1.807) is 0 Å². The summed E-state index contributed by atoms with van der Waals surface area (Å²) in [4.78, 5) is 11.0. The molecular weight excluding hydrogens is 263 g/mol. The van der Waals surface area contributed by atoms with Crippen LogP contribution in [0.2, 0.25) is 0 Å². The van der Waals surface area contributed by atoms with Crippen LogP contribution in [0.25, 0.3) is 0 Å². The molecule has 3 N–H and O–H groups in total. The summed E-state index contributed by atoms with van der Waals surface area (Å²) in [5.41, 5.74) is 0. The van der Waals surface area contributed by atoms with Gasteiger partial charge < -0.3 is 15.7 Å². The molecule has 0 aromatic carbocycles. The van der Waals surface area contributed by atoms with Gasteiger partial charge in [0.2, 0.25) is 0 Å². The SMILES string of the molecule is CCCC[C@@H](NC1CCNCC1)C(=O)O.Cl.Cl. The molecule has 0 amide bonds. The van der Waals surface area contributed by atoms with E-state index in [0.29, 0.717) is 6.04 Å². The Morgan fingerprint density at radius 3 is 2.47 bits per heavy atom. The molecular formula is C11H24Cl2N2O2. The van der Waals surface area contributed by atoms with Crippen molar-refractivity contribution in [2.24, 2.45) is 0 Å². The van der Waals surface area contributed by atoms with E-state index in [1.807, 2.05) is 0 Å². The van der Waals surface area contributed by atoms with Crippen molar-refractivity contribution in [3.8, 4) is 0 Å². The van der Waals surface area contributed by atoms with Crippen molar-refractivity contribution in [1.29, 1.82) is 0 Å². The second-order valence-corrected chi connectivity index (χ2v) is 4.22. The first kappa shape index (κ1) is 19.3. The van der Waals surface area contributed by atoms with Crippen LogP contribution in [-0.2, 0) is 4.79 Å². The summed E-state index contributed by atoms with van der Waals surface area (Å²) >= 11 is 0. The Bertz CT molecular complexity index is 200. The lowest BCUT2D eigenvalue weighted by atomic mass is 10.0. The van der Waals surface area contributed by atoms with Crippen LogP contribution in [0.5, 0.6) is 0 Å². The second kappa shape index (κ2) is 11.1. The largest absolute Gasteiger partial charge is 0.480 e. The number of carboxylic acid groups (broad SMARTS) is 1. The maximum absolute atomic E-state index is 11.0. The third kappa shape index (κ3) is 7.82. The Morgan fingerprint density at radius 1 is 1.41 bits per heavy atom. The smallest absolute Gasteiger partial charge is 0.320 e. The molecule has 0 unspecified atom stereocenters. The molecule has 1 saturated heterocycles. The number of hydrogen-bond donors (Lipinski definition) is 3. The van der Waals surface area contributed by atoms with Crippen molar-refractivity contribution in [2.45, 2.75) is 51.1 Å². The molecule has 4 nitrogen and oxygen atoms in total. The first-order valence-electron chi connectivity index (χ1n) is 5.93.